The van der Waals surface area contributed by atoms with Gasteiger partial charge in [-0.1, -0.05) is 72.4 Å². The number of aromatic nitrogens is 2. The third-order valence-corrected chi connectivity index (χ3v) is 6.38. The number of piperazine rings is 1. The van der Waals surface area contributed by atoms with Gasteiger partial charge in [0.15, 0.2) is 5.16 Å². The molecule has 0 bridgehead atoms. The molecule has 0 radical (unpaired) electrons. The average molecular weight is 433 g/mol. The Morgan fingerprint density at radius 3 is 1.90 bits per heavy atom. The number of carbonyl (C=O) groups excluding carboxylic acids is 1. The molecule has 2 heterocycles. The van der Waals surface area contributed by atoms with Gasteiger partial charge >= 0.3 is 0 Å². The molecule has 0 unspecified atom stereocenters. The van der Waals surface area contributed by atoms with Crippen LogP contribution in [0.25, 0.3) is 0 Å². The average Bonchev–Trinajstić information content (AvgIpc) is 2.79. The molecule has 1 fully saturated rings. The third kappa shape index (κ3) is 5.51. The van der Waals surface area contributed by atoms with Crippen LogP contribution in [-0.4, -0.2) is 57.6 Å². The first kappa shape index (κ1) is 21.5. The number of carbonyl (C=O) groups is 1. The first-order chi connectivity index (χ1) is 15.1. The van der Waals surface area contributed by atoms with Crippen molar-refractivity contribution < 1.29 is 4.79 Å². The Morgan fingerprint density at radius 1 is 0.871 bits per heavy atom. The first-order valence-electron chi connectivity index (χ1n) is 10.7. The minimum atomic E-state index is 0.156. The van der Waals surface area contributed by atoms with E-state index in [1.165, 1.54) is 22.9 Å². The smallest absolute Gasteiger partial charge is 0.233 e. The number of aryl methyl sites for hydroxylation is 2. The Hall–Kier alpha value is -2.70. The van der Waals surface area contributed by atoms with E-state index in [1.54, 1.807) is 0 Å². The summed E-state index contributed by atoms with van der Waals surface area (Å²) in [7, 11) is 0. The zero-order chi connectivity index (χ0) is 21.6. The van der Waals surface area contributed by atoms with Crippen LogP contribution in [0, 0.1) is 13.8 Å². The van der Waals surface area contributed by atoms with Crippen LogP contribution in [0.3, 0.4) is 0 Å². The first-order valence-corrected chi connectivity index (χ1v) is 11.7. The predicted octanol–water partition coefficient (Wildman–Crippen LogP) is 4.12. The largest absolute Gasteiger partial charge is 0.339 e. The molecule has 1 amide bonds. The van der Waals surface area contributed by atoms with Gasteiger partial charge in [0.05, 0.1) is 11.8 Å². The van der Waals surface area contributed by atoms with Crippen LogP contribution >= 0.6 is 11.8 Å². The molecule has 0 saturated carbocycles. The minimum absolute atomic E-state index is 0.156. The minimum Gasteiger partial charge on any atom is -0.339 e. The lowest BCUT2D eigenvalue weighted by Gasteiger charge is -2.39. The van der Waals surface area contributed by atoms with Gasteiger partial charge in [-0.15, -0.1) is 0 Å². The van der Waals surface area contributed by atoms with Gasteiger partial charge in [0.25, 0.3) is 0 Å². The van der Waals surface area contributed by atoms with Gasteiger partial charge in [-0.3, -0.25) is 9.69 Å². The fraction of sp³-hybridized carbons (Fsp3) is 0.320. The SMILES string of the molecule is Cc1cc(C)nc(SCC(=O)N2CCN(C(c3ccccc3)c3ccccc3)CC2)n1. The Balaban J connectivity index is 1.39. The van der Waals surface area contributed by atoms with Gasteiger partial charge in [0.2, 0.25) is 5.91 Å². The van der Waals surface area contributed by atoms with Crippen LogP contribution in [-0.2, 0) is 4.79 Å². The molecule has 31 heavy (non-hydrogen) atoms. The van der Waals surface area contributed by atoms with Crippen LogP contribution in [0.15, 0.2) is 71.9 Å². The molecule has 5 nitrogen and oxygen atoms in total. The van der Waals surface area contributed by atoms with Crippen LogP contribution in [0.4, 0.5) is 0 Å². The molecule has 1 aliphatic rings. The highest BCUT2D eigenvalue weighted by Gasteiger charge is 2.28. The molecule has 4 rings (SSSR count). The van der Waals surface area contributed by atoms with Crippen LogP contribution < -0.4 is 0 Å². The summed E-state index contributed by atoms with van der Waals surface area (Å²) in [5, 5.41) is 0.678. The molecule has 0 aliphatic carbocycles. The predicted molar refractivity (Wildman–Crippen MR) is 125 cm³/mol. The van der Waals surface area contributed by atoms with Gasteiger partial charge in [-0.2, -0.15) is 0 Å². The fourth-order valence-corrected chi connectivity index (χ4v) is 4.94. The maximum atomic E-state index is 12.8. The zero-order valence-electron chi connectivity index (χ0n) is 18.1. The summed E-state index contributed by atoms with van der Waals surface area (Å²) in [4.78, 5) is 26.1. The van der Waals surface area contributed by atoms with E-state index in [1.807, 2.05) is 24.8 Å². The maximum absolute atomic E-state index is 12.8. The molecule has 6 heteroatoms. The molecular weight excluding hydrogens is 404 g/mol. The van der Waals surface area contributed by atoms with Crippen molar-refractivity contribution in [2.45, 2.75) is 25.0 Å². The summed E-state index contributed by atoms with van der Waals surface area (Å²) in [6.45, 7) is 7.09. The summed E-state index contributed by atoms with van der Waals surface area (Å²) in [5.41, 5.74) is 4.44. The van der Waals surface area contributed by atoms with E-state index in [2.05, 4.69) is 75.5 Å². The molecule has 0 N–H and O–H groups in total. The molecule has 160 valence electrons. The van der Waals surface area contributed by atoms with Gasteiger partial charge in [0, 0.05) is 37.6 Å². The van der Waals surface area contributed by atoms with Crippen LogP contribution in [0.5, 0.6) is 0 Å². The molecule has 1 saturated heterocycles. The topological polar surface area (TPSA) is 49.3 Å². The highest BCUT2D eigenvalue weighted by Crippen LogP contribution is 2.29. The summed E-state index contributed by atoms with van der Waals surface area (Å²) >= 11 is 1.42. The van der Waals surface area contributed by atoms with Crippen molar-refractivity contribution in [2.75, 3.05) is 31.9 Å². The zero-order valence-corrected chi connectivity index (χ0v) is 18.9. The molecule has 1 aromatic heterocycles. The Kier molecular flexibility index (Phi) is 6.99. The summed E-state index contributed by atoms with van der Waals surface area (Å²) < 4.78 is 0. The summed E-state index contributed by atoms with van der Waals surface area (Å²) in [6, 6.07) is 23.4. The standard InChI is InChI=1S/C25H28N4OS/c1-19-17-20(2)27-25(26-19)31-18-23(30)28-13-15-29(16-14-28)24(21-9-5-3-6-10-21)22-11-7-4-8-12-22/h3-12,17,24H,13-16,18H2,1-2H3. The number of benzene rings is 2. The Morgan fingerprint density at radius 2 is 1.39 bits per heavy atom. The Labute approximate surface area is 188 Å². The van der Waals surface area contributed by atoms with Crippen LogP contribution in [0.2, 0.25) is 0 Å². The normalized spacial score (nSPS) is 14.7. The van der Waals surface area contributed by atoms with E-state index in [9.17, 15) is 4.79 Å². The highest BCUT2D eigenvalue weighted by atomic mass is 32.2. The third-order valence-electron chi connectivity index (χ3n) is 5.55. The molecule has 1 aliphatic heterocycles. The van der Waals surface area contributed by atoms with Crippen molar-refractivity contribution in [1.82, 2.24) is 19.8 Å². The highest BCUT2D eigenvalue weighted by molar-refractivity contribution is 7.99. The number of thioether (sulfide) groups is 1. The Bertz CT molecular complexity index is 945. The molecule has 0 spiro atoms. The second-order valence-corrected chi connectivity index (χ2v) is 8.81. The van der Waals surface area contributed by atoms with Crippen molar-refractivity contribution >= 4 is 17.7 Å². The van der Waals surface area contributed by atoms with Gasteiger partial charge in [-0.25, -0.2) is 9.97 Å². The van der Waals surface area contributed by atoms with E-state index in [4.69, 9.17) is 0 Å². The van der Waals surface area contributed by atoms with Crippen molar-refractivity contribution in [3.05, 3.63) is 89.2 Å². The van der Waals surface area contributed by atoms with E-state index in [0.29, 0.717) is 10.9 Å². The van der Waals surface area contributed by atoms with E-state index in [0.717, 1.165) is 37.6 Å². The van der Waals surface area contributed by atoms with Crippen molar-refractivity contribution in [3.8, 4) is 0 Å². The van der Waals surface area contributed by atoms with Gasteiger partial charge < -0.3 is 4.90 Å². The lowest BCUT2D eigenvalue weighted by molar-refractivity contribution is -0.130. The summed E-state index contributed by atoms with van der Waals surface area (Å²) in [6.07, 6.45) is 0. The number of nitrogens with zero attached hydrogens (tertiary/aromatic N) is 4. The number of hydrogen-bond donors (Lipinski definition) is 0. The molecular formula is C25H28N4OS. The quantitative estimate of drug-likeness (QED) is 0.433. The summed E-state index contributed by atoms with van der Waals surface area (Å²) in [5.74, 6) is 0.535. The van der Waals surface area contributed by atoms with Crippen molar-refractivity contribution in [1.29, 1.82) is 0 Å². The molecule has 3 aromatic rings. The number of amides is 1. The van der Waals surface area contributed by atoms with Gasteiger partial charge in [0.1, 0.15) is 0 Å². The van der Waals surface area contributed by atoms with E-state index >= 15 is 0 Å². The fourth-order valence-electron chi connectivity index (χ4n) is 4.09. The monoisotopic (exact) mass is 432 g/mol. The lowest BCUT2D eigenvalue weighted by atomic mass is 9.96. The second kappa shape index (κ2) is 10.1. The van der Waals surface area contributed by atoms with Gasteiger partial charge in [-0.05, 0) is 31.0 Å². The number of rotatable bonds is 6. The molecule has 2 aromatic carbocycles. The van der Waals surface area contributed by atoms with E-state index < -0.39 is 0 Å². The van der Waals surface area contributed by atoms with Crippen LogP contribution in [0.1, 0.15) is 28.6 Å². The molecule has 0 atom stereocenters. The van der Waals surface area contributed by atoms with Crippen molar-refractivity contribution in [3.63, 3.8) is 0 Å². The lowest BCUT2D eigenvalue weighted by Crippen LogP contribution is -2.50. The maximum Gasteiger partial charge on any atom is 0.233 e. The second-order valence-electron chi connectivity index (χ2n) is 7.86. The van der Waals surface area contributed by atoms with Crippen molar-refractivity contribution in [2.24, 2.45) is 0 Å². The number of hydrogen-bond acceptors (Lipinski definition) is 5. The van der Waals surface area contributed by atoms with E-state index in [-0.39, 0.29) is 11.9 Å².